The number of hydrogen-bond acceptors (Lipinski definition) is 4. The highest BCUT2D eigenvalue weighted by Gasteiger charge is 2.03. The Labute approximate surface area is 101 Å². The topological polar surface area (TPSA) is 70.2 Å². The smallest absolute Gasteiger partial charge is 0.320 e. The third-order valence-electron chi connectivity index (χ3n) is 2.41. The average Bonchev–Trinajstić information content (AvgIpc) is 2.36. The Balaban J connectivity index is 2.22. The third-order valence-corrected chi connectivity index (χ3v) is 2.41. The van der Waals surface area contributed by atoms with Crippen molar-refractivity contribution in [2.24, 2.45) is 0 Å². The van der Waals surface area contributed by atoms with Gasteiger partial charge in [-0.3, -0.25) is 10.3 Å². The summed E-state index contributed by atoms with van der Waals surface area (Å²) in [6, 6.07) is -0.252. The first kappa shape index (κ1) is 13.4. The molecule has 0 bridgehead atoms. The molecule has 2 amide bonds. The second kappa shape index (κ2) is 7.56. The molecule has 0 unspecified atom stereocenters. The van der Waals surface area contributed by atoms with E-state index in [1.54, 1.807) is 6.20 Å². The average molecular weight is 237 g/mol. The van der Waals surface area contributed by atoms with E-state index in [4.69, 9.17) is 0 Å². The van der Waals surface area contributed by atoms with Crippen molar-refractivity contribution in [1.82, 2.24) is 20.2 Å². The molecule has 6 nitrogen and oxygen atoms in total. The van der Waals surface area contributed by atoms with Gasteiger partial charge in [-0.1, -0.05) is 13.8 Å². The molecule has 0 atom stereocenters. The van der Waals surface area contributed by atoms with Crippen LogP contribution in [0, 0.1) is 0 Å². The van der Waals surface area contributed by atoms with Crippen LogP contribution >= 0.6 is 0 Å². The van der Waals surface area contributed by atoms with E-state index in [1.807, 2.05) is 0 Å². The lowest BCUT2D eigenvalue weighted by molar-refractivity contribution is 0.247. The number of carbonyl (C=O) groups is 1. The third kappa shape index (κ3) is 5.26. The maximum absolute atomic E-state index is 11.5. The molecule has 0 aliphatic carbocycles. The van der Waals surface area contributed by atoms with Crippen LogP contribution in [0.15, 0.2) is 18.6 Å². The number of anilines is 1. The summed E-state index contributed by atoms with van der Waals surface area (Å²) >= 11 is 0. The lowest BCUT2D eigenvalue weighted by Crippen LogP contribution is -2.37. The largest absolute Gasteiger partial charge is 0.337 e. The van der Waals surface area contributed by atoms with Crippen LogP contribution in [0.3, 0.4) is 0 Å². The van der Waals surface area contributed by atoms with Gasteiger partial charge >= 0.3 is 6.03 Å². The molecular formula is C11H19N5O. The second-order valence-corrected chi connectivity index (χ2v) is 3.50. The SMILES string of the molecule is CCN(CC)CCNC(=O)Nc1cnccn1. The van der Waals surface area contributed by atoms with Crippen LogP contribution in [0.2, 0.25) is 0 Å². The van der Waals surface area contributed by atoms with E-state index in [2.05, 4.69) is 39.3 Å². The van der Waals surface area contributed by atoms with Gasteiger partial charge in [-0.05, 0) is 13.1 Å². The Morgan fingerprint density at radius 1 is 1.35 bits per heavy atom. The summed E-state index contributed by atoms with van der Waals surface area (Å²) in [5.74, 6) is 0.452. The molecule has 17 heavy (non-hydrogen) atoms. The highest BCUT2D eigenvalue weighted by Crippen LogP contribution is 1.95. The van der Waals surface area contributed by atoms with Gasteiger partial charge in [0.2, 0.25) is 0 Å². The Morgan fingerprint density at radius 3 is 2.71 bits per heavy atom. The first-order valence-electron chi connectivity index (χ1n) is 5.79. The van der Waals surface area contributed by atoms with Crippen molar-refractivity contribution in [3.05, 3.63) is 18.6 Å². The molecule has 1 aromatic rings. The van der Waals surface area contributed by atoms with E-state index in [1.165, 1.54) is 12.4 Å². The number of carbonyl (C=O) groups excluding carboxylic acids is 1. The number of nitrogens with one attached hydrogen (secondary N) is 2. The summed E-state index contributed by atoms with van der Waals surface area (Å²) in [7, 11) is 0. The number of nitrogens with zero attached hydrogens (tertiary/aromatic N) is 3. The molecule has 0 aliphatic rings. The summed E-state index contributed by atoms with van der Waals surface area (Å²) in [4.78, 5) is 21.5. The summed E-state index contributed by atoms with van der Waals surface area (Å²) in [6.45, 7) is 7.65. The Hall–Kier alpha value is -1.69. The quantitative estimate of drug-likeness (QED) is 0.772. The van der Waals surface area contributed by atoms with Crippen molar-refractivity contribution in [3.8, 4) is 0 Å². The molecule has 1 aromatic heterocycles. The fourth-order valence-electron chi connectivity index (χ4n) is 1.39. The van der Waals surface area contributed by atoms with Crippen LogP contribution < -0.4 is 10.6 Å². The van der Waals surface area contributed by atoms with Crippen LogP contribution in [-0.2, 0) is 0 Å². The predicted molar refractivity (Wildman–Crippen MR) is 66.8 cm³/mol. The van der Waals surface area contributed by atoms with Gasteiger partial charge < -0.3 is 10.2 Å². The van der Waals surface area contributed by atoms with E-state index < -0.39 is 0 Å². The number of amides is 2. The lowest BCUT2D eigenvalue weighted by Gasteiger charge is -2.17. The zero-order valence-corrected chi connectivity index (χ0v) is 10.3. The highest BCUT2D eigenvalue weighted by molar-refractivity contribution is 5.87. The number of rotatable bonds is 6. The molecule has 0 saturated heterocycles. The van der Waals surface area contributed by atoms with Crippen molar-refractivity contribution < 1.29 is 4.79 Å². The molecule has 1 rings (SSSR count). The Bertz CT molecular complexity index is 326. The molecule has 0 spiro atoms. The van der Waals surface area contributed by atoms with E-state index in [0.29, 0.717) is 12.4 Å². The van der Waals surface area contributed by atoms with Gasteiger partial charge in [0.05, 0.1) is 6.20 Å². The van der Waals surface area contributed by atoms with Gasteiger partial charge in [0.15, 0.2) is 5.82 Å². The summed E-state index contributed by atoms with van der Waals surface area (Å²) in [5.41, 5.74) is 0. The van der Waals surface area contributed by atoms with E-state index in [-0.39, 0.29) is 6.03 Å². The van der Waals surface area contributed by atoms with Crippen molar-refractivity contribution in [2.75, 3.05) is 31.5 Å². The Morgan fingerprint density at radius 2 is 2.12 bits per heavy atom. The minimum Gasteiger partial charge on any atom is -0.337 e. The fraction of sp³-hybridized carbons (Fsp3) is 0.545. The second-order valence-electron chi connectivity index (χ2n) is 3.50. The molecule has 0 aromatic carbocycles. The molecule has 0 saturated carbocycles. The minimum atomic E-state index is -0.252. The zero-order chi connectivity index (χ0) is 12.5. The van der Waals surface area contributed by atoms with Gasteiger partial charge in [0, 0.05) is 25.5 Å². The molecule has 1 heterocycles. The molecular weight excluding hydrogens is 218 g/mol. The lowest BCUT2D eigenvalue weighted by atomic mass is 10.4. The molecule has 2 N–H and O–H groups in total. The van der Waals surface area contributed by atoms with Gasteiger partial charge in [-0.15, -0.1) is 0 Å². The normalized spacial score (nSPS) is 10.3. The molecule has 0 aliphatic heterocycles. The number of likely N-dealkylation sites (N-methyl/N-ethyl adjacent to an activating group) is 1. The van der Waals surface area contributed by atoms with Crippen molar-refractivity contribution in [1.29, 1.82) is 0 Å². The van der Waals surface area contributed by atoms with Crippen LogP contribution in [0.5, 0.6) is 0 Å². The summed E-state index contributed by atoms with van der Waals surface area (Å²) in [5, 5.41) is 5.38. The van der Waals surface area contributed by atoms with Gasteiger partial charge in [-0.25, -0.2) is 9.78 Å². The highest BCUT2D eigenvalue weighted by atomic mass is 16.2. The van der Waals surface area contributed by atoms with E-state index in [9.17, 15) is 4.79 Å². The number of aromatic nitrogens is 2. The van der Waals surface area contributed by atoms with Crippen LogP contribution in [0.1, 0.15) is 13.8 Å². The first-order chi connectivity index (χ1) is 8.26. The van der Waals surface area contributed by atoms with Crippen LogP contribution in [0.4, 0.5) is 10.6 Å². The van der Waals surface area contributed by atoms with Gasteiger partial charge in [0.1, 0.15) is 0 Å². The molecule has 0 radical (unpaired) electrons. The summed E-state index contributed by atoms with van der Waals surface area (Å²) < 4.78 is 0. The van der Waals surface area contributed by atoms with Crippen LogP contribution in [-0.4, -0.2) is 47.1 Å². The fourth-order valence-corrected chi connectivity index (χ4v) is 1.39. The summed E-state index contributed by atoms with van der Waals surface area (Å²) in [6.07, 6.45) is 4.60. The molecule has 0 fully saturated rings. The maximum atomic E-state index is 11.5. The van der Waals surface area contributed by atoms with E-state index >= 15 is 0 Å². The minimum absolute atomic E-state index is 0.252. The van der Waals surface area contributed by atoms with E-state index in [0.717, 1.165) is 19.6 Å². The Kier molecular flexibility index (Phi) is 5.95. The first-order valence-corrected chi connectivity index (χ1v) is 5.79. The maximum Gasteiger partial charge on any atom is 0.320 e. The van der Waals surface area contributed by atoms with Gasteiger partial charge in [-0.2, -0.15) is 0 Å². The van der Waals surface area contributed by atoms with Crippen molar-refractivity contribution >= 4 is 11.8 Å². The monoisotopic (exact) mass is 237 g/mol. The number of hydrogen-bond donors (Lipinski definition) is 2. The zero-order valence-electron chi connectivity index (χ0n) is 10.3. The van der Waals surface area contributed by atoms with Crippen molar-refractivity contribution in [3.63, 3.8) is 0 Å². The number of urea groups is 1. The predicted octanol–water partition coefficient (Wildman–Crippen LogP) is 0.940. The molecule has 6 heteroatoms. The van der Waals surface area contributed by atoms with Crippen molar-refractivity contribution in [2.45, 2.75) is 13.8 Å². The van der Waals surface area contributed by atoms with Gasteiger partial charge in [0.25, 0.3) is 0 Å². The standard InChI is InChI=1S/C11H19N5O/c1-3-16(4-2)8-7-14-11(17)15-10-9-12-5-6-13-10/h5-6,9H,3-4,7-8H2,1-2H3,(H2,13,14,15,17). The van der Waals surface area contributed by atoms with Crippen LogP contribution in [0.25, 0.3) is 0 Å². The molecule has 94 valence electrons.